The zero-order valence-electron chi connectivity index (χ0n) is 12.6. The maximum Gasteiger partial charge on any atom is 0.308 e. The van der Waals surface area contributed by atoms with Crippen molar-refractivity contribution in [3.05, 3.63) is 11.1 Å². The van der Waals surface area contributed by atoms with Gasteiger partial charge < -0.3 is 5.11 Å². The Hall–Kier alpha value is -1.47. The van der Waals surface area contributed by atoms with Crippen LogP contribution in [-0.4, -0.2) is 46.5 Å². The molecule has 0 unspecified atom stereocenters. The highest BCUT2D eigenvalue weighted by atomic mass is 32.1. The number of carboxylic acids is 1. The molecule has 1 aliphatic rings. The van der Waals surface area contributed by atoms with E-state index in [1.165, 1.54) is 18.3 Å². The van der Waals surface area contributed by atoms with E-state index in [-0.39, 0.29) is 17.7 Å². The van der Waals surface area contributed by atoms with Crippen LogP contribution in [0, 0.1) is 11.8 Å². The summed E-state index contributed by atoms with van der Waals surface area (Å²) >= 11 is 1.45. The summed E-state index contributed by atoms with van der Waals surface area (Å²) in [5.41, 5.74) is 0.896. The molecule has 0 radical (unpaired) electrons. The first kappa shape index (κ1) is 15.9. The van der Waals surface area contributed by atoms with E-state index < -0.39 is 5.97 Å². The third kappa shape index (κ3) is 3.59. The molecule has 1 aromatic rings. The molecule has 21 heavy (non-hydrogen) atoms. The van der Waals surface area contributed by atoms with Crippen LogP contribution in [0.15, 0.2) is 5.38 Å². The summed E-state index contributed by atoms with van der Waals surface area (Å²) in [6.45, 7) is 8.00. The quantitative estimate of drug-likeness (QED) is 0.895. The predicted molar refractivity (Wildman–Crippen MR) is 81.4 cm³/mol. The van der Waals surface area contributed by atoms with Crippen molar-refractivity contribution >= 4 is 28.3 Å². The number of carbonyl (C=O) groups is 2. The van der Waals surface area contributed by atoms with E-state index in [4.69, 9.17) is 5.11 Å². The van der Waals surface area contributed by atoms with Crippen LogP contribution in [0.1, 0.15) is 26.5 Å². The highest BCUT2D eigenvalue weighted by molar-refractivity contribution is 7.14. The van der Waals surface area contributed by atoms with Crippen LogP contribution in [-0.2, 0) is 16.1 Å². The normalized spacial score (nSPS) is 22.4. The molecule has 1 aromatic heterocycles. The SMILES string of the molecule is CCN(C(C)=O)c1nc(CN2C[C@@H](C)[C@H](C(=O)O)C2)cs1. The zero-order chi connectivity index (χ0) is 15.6. The number of hydrogen-bond donors (Lipinski definition) is 1. The van der Waals surface area contributed by atoms with E-state index in [1.54, 1.807) is 4.90 Å². The van der Waals surface area contributed by atoms with Crippen LogP contribution in [0.2, 0.25) is 0 Å². The Morgan fingerprint density at radius 1 is 1.52 bits per heavy atom. The van der Waals surface area contributed by atoms with Crippen LogP contribution >= 0.6 is 11.3 Å². The second-order valence-electron chi connectivity index (χ2n) is 5.50. The predicted octanol–water partition coefficient (Wildman–Crippen LogP) is 1.67. The molecule has 6 nitrogen and oxygen atoms in total. The monoisotopic (exact) mass is 311 g/mol. The van der Waals surface area contributed by atoms with Crippen molar-refractivity contribution in [2.45, 2.75) is 27.3 Å². The number of nitrogens with zero attached hydrogens (tertiary/aromatic N) is 3. The van der Waals surface area contributed by atoms with Crippen molar-refractivity contribution in [1.29, 1.82) is 0 Å². The van der Waals surface area contributed by atoms with E-state index >= 15 is 0 Å². The number of rotatable bonds is 5. The van der Waals surface area contributed by atoms with Gasteiger partial charge in [-0.05, 0) is 12.8 Å². The fourth-order valence-corrected chi connectivity index (χ4v) is 3.66. The van der Waals surface area contributed by atoms with Gasteiger partial charge >= 0.3 is 5.97 Å². The van der Waals surface area contributed by atoms with Gasteiger partial charge in [0, 0.05) is 38.5 Å². The van der Waals surface area contributed by atoms with Gasteiger partial charge in [-0.2, -0.15) is 0 Å². The van der Waals surface area contributed by atoms with Crippen LogP contribution < -0.4 is 4.90 Å². The lowest BCUT2D eigenvalue weighted by atomic mass is 9.99. The number of carboxylic acid groups (broad SMARTS) is 1. The molecule has 0 aromatic carbocycles. The summed E-state index contributed by atoms with van der Waals surface area (Å²) in [4.78, 5) is 30.9. The van der Waals surface area contributed by atoms with Gasteiger partial charge in [0.1, 0.15) is 0 Å². The molecule has 2 atom stereocenters. The summed E-state index contributed by atoms with van der Waals surface area (Å²) in [6.07, 6.45) is 0. The minimum atomic E-state index is -0.724. The van der Waals surface area contributed by atoms with Crippen LogP contribution in [0.4, 0.5) is 5.13 Å². The van der Waals surface area contributed by atoms with Gasteiger partial charge in [0.15, 0.2) is 5.13 Å². The first-order valence-electron chi connectivity index (χ1n) is 7.10. The number of aliphatic carboxylic acids is 1. The second kappa shape index (κ2) is 6.53. The molecule has 7 heteroatoms. The van der Waals surface area contributed by atoms with Gasteiger partial charge in [-0.1, -0.05) is 6.92 Å². The number of hydrogen-bond acceptors (Lipinski definition) is 5. The second-order valence-corrected chi connectivity index (χ2v) is 6.34. The lowest BCUT2D eigenvalue weighted by molar-refractivity contribution is -0.142. The molecule has 1 aliphatic heterocycles. The van der Waals surface area contributed by atoms with E-state index in [9.17, 15) is 9.59 Å². The molecule has 2 heterocycles. The van der Waals surface area contributed by atoms with Crippen LogP contribution in [0.3, 0.4) is 0 Å². The van der Waals surface area contributed by atoms with Crippen molar-refractivity contribution in [2.75, 3.05) is 24.5 Å². The molecule has 2 rings (SSSR count). The van der Waals surface area contributed by atoms with E-state index in [0.29, 0.717) is 24.8 Å². The minimum Gasteiger partial charge on any atom is -0.481 e. The molecule has 1 N–H and O–H groups in total. The Morgan fingerprint density at radius 3 is 2.76 bits per heavy atom. The van der Waals surface area contributed by atoms with Gasteiger partial charge in [-0.3, -0.25) is 19.4 Å². The lowest BCUT2D eigenvalue weighted by Crippen LogP contribution is -2.28. The molecule has 0 spiro atoms. The summed E-state index contributed by atoms with van der Waals surface area (Å²) in [5.74, 6) is -0.880. The third-order valence-corrected chi connectivity index (χ3v) is 4.77. The van der Waals surface area contributed by atoms with Gasteiger partial charge in [0.2, 0.25) is 5.91 Å². The summed E-state index contributed by atoms with van der Waals surface area (Å²) in [5, 5.41) is 11.8. The number of amides is 1. The fourth-order valence-electron chi connectivity index (χ4n) is 2.73. The molecular formula is C14H21N3O3S. The minimum absolute atomic E-state index is 0.0147. The molecule has 1 fully saturated rings. The smallest absolute Gasteiger partial charge is 0.308 e. The Bertz CT molecular complexity index is 531. The third-order valence-electron chi connectivity index (χ3n) is 3.86. The molecule has 0 aliphatic carbocycles. The van der Waals surface area contributed by atoms with E-state index in [1.807, 2.05) is 19.2 Å². The Balaban J connectivity index is 2.00. The van der Waals surface area contributed by atoms with E-state index in [2.05, 4.69) is 9.88 Å². The number of anilines is 1. The fraction of sp³-hybridized carbons (Fsp3) is 0.643. The average molecular weight is 311 g/mol. The van der Waals surface area contributed by atoms with Gasteiger partial charge in [-0.15, -0.1) is 11.3 Å². The topological polar surface area (TPSA) is 73.7 Å². The average Bonchev–Trinajstić information content (AvgIpc) is 2.97. The Kier molecular flexibility index (Phi) is 4.95. The maximum absolute atomic E-state index is 11.5. The molecule has 1 amide bonds. The summed E-state index contributed by atoms with van der Waals surface area (Å²) in [6, 6.07) is 0. The van der Waals surface area contributed by atoms with Crippen molar-refractivity contribution < 1.29 is 14.7 Å². The van der Waals surface area contributed by atoms with Crippen LogP contribution in [0.25, 0.3) is 0 Å². The summed E-state index contributed by atoms with van der Waals surface area (Å²) < 4.78 is 0. The number of carbonyl (C=O) groups excluding carboxylic acids is 1. The molecule has 116 valence electrons. The van der Waals surface area contributed by atoms with Gasteiger partial charge in [-0.25, -0.2) is 4.98 Å². The highest BCUT2D eigenvalue weighted by Gasteiger charge is 2.34. The molecule has 0 saturated carbocycles. The highest BCUT2D eigenvalue weighted by Crippen LogP contribution is 2.26. The first-order chi connectivity index (χ1) is 9.92. The molecule has 0 bridgehead atoms. The van der Waals surface area contributed by atoms with Crippen molar-refractivity contribution in [2.24, 2.45) is 11.8 Å². The number of likely N-dealkylation sites (tertiary alicyclic amines) is 1. The Morgan fingerprint density at radius 2 is 2.24 bits per heavy atom. The largest absolute Gasteiger partial charge is 0.481 e. The van der Waals surface area contributed by atoms with Crippen LogP contribution in [0.5, 0.6) is 0 Å². The number of thiazole rings is 1. The zero-order valence-corrected chi connectivity index (χ0v) is 13.4. The number of aromatic nitrogens is 1. The van der Waals surface area contributed by atoms with Gasteiger partial charge in [0.25, 0.3) is 0 Å². The Labute approximate surface area is 128 Å². The van der Waals surface area contributed by atoms with Crippen molar-refractivity contribution in [3.8, 4) is 0 Å². The molecular weight excluding hydrogens is 290 g/mol. The summed E-state index contributed by atoms with van der Waals surface area (Å²) in [7, 11) is 0. The first-order valence-corrected chi connectivity index (χ1v) is 7.98. The van der Waals surface area contributed by atoms with Crippen molar-refractivity contribution in [3.63, 3.8) is 0 Å². The van der Waals surface area contributed by atoms with Crippen molar-refractivity contribution in [1.82, 2.24) is 9.88 Å². The maximum atomic E-state index is 11.5. The lowest BCUT2D eigenvalue weighted by Gasteiger charge is -2.15. The van der Waals surface area contributed by atoms with E-state index in [0.717, 1.165) is 12.2 Å². The standard InChI is InChI=1S/C14H21N3O3S/c1-4-17(10(3)18)14-15-11(8-21-14)6-16-5-9(2)12(7-16)13(19)20/h8-9,12H,4-7H2,1-3H3,(H,19,20)/t9-,12-/m1/s1. The van der Waals surface area contributed by atoms with Gasteiger partial charge in [0.05, 0.1) is 11.6 Å². The molecule has 1 saturated heterocycles.